The van der Waals surface area contributed by atoms with E-state index in [-0.39, 0.29) is 16.1 Å². The number of hydrogen-bond acceptors (Lipinski definition) is 4. The van der Waals surface area contributed by atoms with Gasteiger partial charge in [-0.05, 0) is 55.7 Å². The van der Waals surface area contributed by atoms with Crippen LogP contribution in [0.25, 0.3) is 0 Å². The Morgan fingerprint density at radius 2 is 1.85 bits per heavy atom. The number of carboxylic acids is 1. The lowest BCUT2D eigenvalue weighted by atomic mass is 10.1. The zero-order valence-electron chi connectivity index (χ0n) is 16.1. The number of benzene rings is 2. The van der Waals surface area contributed by atoms with E-state index >= 15 is 0 Å². The Morgan fingerprint density at radius 1 is 1.15 bits per heavy atom. The average Bonchev–Trinajstić information content (AvgIpc) is 2.61. The molecule has 0 spiro atoms. The topological polar surface area (TPSA) is 86.7 Å². The fourth-order valence-corrected chi connectivity index (χ4v) is 4.21. The molecule has 2 rings (SSSR count). The molecule has 0 atom stereocenters. The number of hydrogen-bond donors (Lipinski definition) is 2. The summed E-state index contributed by atoms with van der Waals surface area (Å²) < 4.78 is 28.0. The number of carboxylic acid groups (broad SMARTS) is 1. The Morgan fingerprint density at radius 3 is 2.48 bits per heavy atom. The molecule has 2 N–H and O–H groups in total. The minimum absolute atomic E-state index is 0.0646. The van der Waals surface area contributed by atoms with Gasteiger partial charge in [0.2, 0.25) is 0 Å². The van der Waals surface area contributed by atoms with E-state index in [0.717, 1.165) is 24.9 Å². The number of rotatable bonds is 8. The second-order valence-corrected chi connectivity index (χ2v) is 8.34. The highest BCUT2D eigenvalue weighted by Gasteiger charge is 2.20. The Balaban J connectivity index is 2.38. The number of aryl methyl sites for hydroxylation is 2. The number of anilines is 2. The van der Waals surface area contributed by atoms with Gasteiger partial charge in [-0.15, -0.1) is 0 Å². The molecule has 0 saturated carbocycles. The molecule has 0 bridgehead atoms. The van der Waals surface area contributed by atoms with Gasteiger partial charge in [0.15, 0.2) is 0 Å². The molecule has 2 aromatic rings. The summed E-state index contributed by atoms with van der Waals surface area (Å²) in [6.07, 6.45) is 1.94. The highest BCUT2D eigenvalue weighted by molar-refractivity contribution is 7.92. The number of nitrogens with one attached hydrogen (secondary N) is 1. The smallest absolute Gasteiger partial charge is 0.337 e. The largest absolute Gasteiger partial charge is 0.478 e. The van der Waals surface area contributed by atoms with Crippen molar-refractivity contribution in [1.82, 2.24) is 0 Å². The second-order valence-electron chi connectivity index (χ2n) is 6.69. The van der Waals surface area contributed by atoms with Crippen molar-refractivity contribution < 1.29 is 18.3 Å². The van der Waals surface area contributed by atoms with Crippen molar-refractivity contribution in [3.05, 3.63) is 53.1 Å². The molecule has 0 unspecified atom stereocenters. The molecule has 0 aliphatic heterocycles. The fraction of sp³-hybridized carbons (Fsp3) is 0.350. The van der Waals surface area contributed by atoms with E-state index in [2.05, 4.69) is 11.6 Å². The van der Waals surface area contributed by atoms with E-state index in [4.69, 9.17) is 0 Å². The van der Waals surface area contributed by atoms with Crippen LogP contribution in [-0.4, -0.2) is 33.1 Å². The standard InChI is InChI=1S/C20H26N2O4S/c1-5-6-11-22(4)18-10-9-16(13-17(18)20(23)24)21-27(25,26)19-12-14(2)7-8-15(19)3/h7-10,12-13,21H,5-6,11H2,1-4H3,(H,23,24). The molecule has 0 saturated heterocycles. The number of carbonyl (C=O) groups is 1. The second kappa shape index (κ2) is 8.43. The Kier molecular flexibility index (Phi) is 6.49. The van der Waals surface area contributed by atoms with Crippen LogP contribution in [-0.2, 0) is 10.0 Å². The molecule has 0 aliphatic rings. The van der Waals surface area contributed by atoms with Gasteiger partial charge in [-0.25, -0.2) is 13.2 Å². The number of unbranched alkanes of at least 4 members (excludes halogenated alkanes) is 1. The van der Waals surface area contributed by atoms with Crippen molar-refractivity contribution in [1.29, 1.82) is 0 Å². The normalized spacial score (nSPS) is 11.3. The molecular weight excluding hydrogens is 364 g/mol. The molecule has 0 aromatic heterocycles. The van der Waals surface area contributed by atoms with E-state index in [1.54, 1.807) is 31.2 Å². The molecule has 0 fully saturated rings. The molecule has 0 aliphatic carbocycles. The predicted octanol–water partition coefficient (Wildman–Crippen LogP) is 4.04. The van der Waals surface area contributed by atoms with E-state index in [9.17, 15) is 18.3 Å². The molecule has 2 aromatic carbocycles. The number of sulfonamides is 1. The first-order chi connectivity index (χ1) is 12.7. The maximum absolute atomic E-state index is 12.7. The van der Waals surface area contributed by atoms with Crippen LogP contribution in [0.15, 0.2) is 41.3 Å². The summed E-state index contributed by atoms with van der Waals surface area (Å²) in [5, 5.41) is 9.56. The van der Waals surface area contributed by atoms with Gasteiger partial charge in [0.05, 0.1) is 16.1 Å². The zero-order valence-corrected chi connectivity index (χ0v) is 16.9. The summed E-state index contributed by atoms with van der Waals surface area (Å²) >= 11 is 0. The summed E-state index contributed by atoms with van der Waals surface area (Å²) in [4.78, 5) is 13.7. The third-order valence-electron chi connectivity index (χ3n) is 4.37. The van der Waals surface area contributed by atoms with Crippen LogP contribution in [0.1, 0.15) is 41.3 Å². The van der Waals surface area contributed by atoms with Gasteiger partial charge < -0.3 is 10.0 Å². The molecule has 7 heteroatoms. The van der Waals surface area contributed by atoms with Crippen molar-refractivity contribution in [2.45, 2.75) is 38.5 Å². The Hall–Kier alpha value is -2.54. The lowest BCUT2D eigenvalue weighted by Crippen LogP contribution is -2.21. The van der Waals surface area contributed by atoms with Crippen LogP contribution in [0.2, 0.25) is 0 Å². The van der Waals surface area contributed by atoms with Crippen molar-refractivity contribution in [3.63, 3.8) is 0 Å². The lowest BCUT2D eigenvalue weighted by molar-refractivity contribution is 0.0697. The summed E-state index contributed by atoms with van der Waals surface area (Å²) in [5.74, 6) is -1.10. The Bertz CT molecular complexity index is 939. The first-order valence-electron chi connectivity index (χ1n) is 8.84. The first-order valence-corrected chi connectivity index (χ1v) is 10.3. The van der Waals surface area contributed by atoms with E-state index in [0.29, 0.717) is 11.3 Å². The molecule has 27 heavy (non-hydrogen) atoms. The van der Waals surface area contributed by atoms with Crippen LogP contribution < -0.4 is 9.62 Å². The third kappa shape index (κ3) is 5.01. The van der Waals surface area contributed by atoms with Crippen molar-refractivity contribution in [2.75, 3.05) is 23.2 Å². The van der Waals surface area contributed by atoms with E-state index < -0.39 is 16.0 Å². The minimum Gasteiger partial charge on any atom is -0.478 e. The predicted molar refractivity (Wildman–Crippen MR) is 108 cm³/mol. The van der Waals surface area contributed by atoms with Gasteiger partial charge in [0.25, 0.3) is 10.0 Å². The Labute approximate surface area is 160 Å². The maximum Gasteiger partial charge on any atom is 0.337 e. The van der Waals surface area contributed by atoms with Gasteiger partial charge in [-0.2, -0.15) is 0 Å². The molecule has 0 amide bonds. The lowest BCUT2D eigenvalue weighted by Gasteiger charge is -2.22. The van der Waals surface area contributed by atoms with E-state index in [1.807, 2.05) is 24.9 Å². The monoisotopic (exact) mass is 390 g/mol. The third-order valence-corrected chi connectivity index (χ3v) is 5.89. The molecule has 6 nitrogen and oxygen atoms in total. The van der Waals surface area contributed by atoms with E-state index in [1.165, 1.54) is 6.07 Å². The van der Waals surface area contributed by atoms with Crippen molar-refractivity contribution in [2.24, 2.45) is 0 Å². The van der Waals surface area contributed by atoms with Gasteiger partial charge in [0.1, 0.15) is 0 Å². The number of nitrogens with zero attached hydrogens (tertiary/aromatic N) is 1. The van der Waals surface area contributed by atoms with Crippen LogP contribution in [0.4, 0.5) is 11.4 Å². The molecular formula is C20H26N2O4S. The van der Waals surface area contributed by atoms with Crippen molar-refractivity contribution in [3.8, 4) is 0 Å². The van der Waals surface area contributed by atoms with Gasteiger partial charge in [0, 0.05) is 19.3 Å². The molecule has 0 radical (unpaired) electrons. The first kappa shape index (κ1) is 20.8. The van der Waals surface area contributed by atoms with Gasteiger partial charge in [-0.3, -0.25) is 4.72 Å². The van der Waals surface area contributed by atoms with Gasteiger partial charge >= 0.3 is 5.97 Å². The fourth-order valence-electron chi connectivity index (χ4n) is 2.83. The van der Waals surface area contributed by atoms with Crippen molar-refractivity contribution >= 4 is 27.4 Å². The average molecular weight is 391 g/mol. The van der Waals surface area contributed by atoms with Gasteiger partial charge in [-0.1, -0.05) is 25.5 Å². The minimum atomic E-state index is -3.81. The molecule has 0 heterocycles. The van der Waals surface area contributed by atoms with Crippen LogP contribution >= 0.6 is 0 Å². The SMILES string of the molecule is CCCCN(C)c1ccc(NS(=O)(=O)c2cc(C)ccc2C)cc1C(=O)O. The maximum atomic E-state index is 12.7. The summed E-state index contributed by atoms with van der Waals surface area (Å²) in [6.45, 7) is 6.34. The quantitative estimate of drug-likeness (QED) is 0.710. The van der Waals surface area contributed by atoms with Crippen LogP contribution in [0, 0.1) is 13.8 Å². The summed E-state index contributed by atoms with van der Waals surface area (Å²) in [6, 6.07) is 9.79. The summed E-state index contributed by atoms with van der Waals surface area (Å²) in [5.41, 5.74) is 2.31. The highest BCUT2D eigenvalue weighted by atomic mass is 32.2. The number of aromatic carboxylic acids is 1. The summed E-state index contributed by atoms with van der Waals surface area (Å²) in [7, 11) is -1.98. The van der Waals surface area contributed by atoms with Crippen LogP contribution in [0.5, 0.6) is 0 Å². The zero-order chi connectivity index (χ0) is 20.2. The molecule has 146 valence electrons. The van der Waals surface area contributed by atoms with Crippen LogP contribution in [0.3, 0.4) is 0 Å². The highest BCUT2D eigenvalue weighted by Crippen LogP contribution is 2.26.